The topological polar surface area (TPSA) is 38.7 Å². The predicted molar refractivity (Wildman–Crippen MR) is 33.8 cm³/mol. The summed E-state index contributed by atoms with van der Waals surface area (Å²) in [6, 6.07) is 0. The van der Waals surface area contributed by atoms with Gasteiger partial charge >= 0.3 is 12.2 Å². The highest BCUT2D eigenvalue weighted by molar-refractivity contribution is 4.89. The average Bonchev–Trinajstić information content (AvgIpc) is 1.85. The minimum Gasteiger partial charge on any atom is -0.187 e. The molecular weight excluding hydrogens is 152 g/mol. The quantitative estimate of drug-likeness (QED) is 0.619. The van der Waals surface area contributed by atoms with Crippen LogP contribution in [-0.2, 0) is 0 Å². The Kier molecular flexibility index (Phi) is 2.07. The van der Waals surface area contributed by atoms with E-state index in [0.717, 1.165) is 0 Å². The van der Waals surface area contributed by atoms with Crippen LogP contribution in [0.4, 0.5) is 8.78 Å². The molecule has 0 unspecified atom stereocenters. The van der Waals surface area contributed by atoms with Crippen LogP contribution in [0.5, 0.6) is 0 Å². The minimum atomic E-state index is -1.07. The highest BCUT2D eigenvalue weighted by Crippen LogP contribution is 2.07. The summed E-state index contributed by atoms with van der Waals surface area (Å²) < 4.78 is 24.6. The molecule has 0 aliphatic carbocycles. The molecule has 0 aromatic carbocycles. The Bertz CT molecular complexity index is 242. The molecule has 0 radical (unpaired) electrons. The number of hydrogen-bond acceptors (Lipinski definition) is 3. The van der Waals surface area contributed by atoms with Gasteiger partial charge in [-0.2, -0.15) is 23.7 Å². The summed E-state index contributed by atoms with van der Waals surface area (Å²) in [6.45, 7) is 3.49. The SMILES string of the molecule is CC(C)c1nc(F)nc(F)n1. The maximum atomic E-state index is 12.3. The van der Waals surface area contributed by atoms with Gasteiger partial charge in [0.1, 0.15) is 5.82 Å². The fourth-order valence-corrected chi connectivity index (χ4v) is 0.598. The van der Waals surface area contributed by atoms with E-state index in [4.69, 9.17) is 0 Å². The van der Waals surface area contributed by atoms with Crippen molar-refractivity contribution >= 4 is 0 Å². The minimum absolute atomic E-state index is 0.0954. The Hall–Kier alpha value is -1.13. The van der Waals surface area contributed by atoms with E-state index in [0.29, 0.717) is 0 Å². The van der Waals surface area contributed by atoms with Gasteiger partial charge in [-0.05, 0) is 0 Å². The maximum absolute atomic E-state index is 12.3. The van der Waals surface area contributed by atoms with Crippen LogP contribution in [0, 0.1) is 12.2 Å². The van der Waals surface area contributed by atoms with E-state index in [1.807, 2.05) is 0 Å². The summed E-state index contributed by atoms with van der Waals surface area (Å²) in [6.07, 6.45) is -2.14. The Morgan fingerprint density at radius 2 is 1.45 bits per heavy atom. The molecule has 3 nitrogen and oxygen atoms in total. The molecular formula is C6H7F2N3. The lowest BCUT2D eigenvalue weighted by Crippen LogP contribution is -2.05. The fourth-order valence-electron chi connectivity index (χ4n) is 0.598. The highest BCUT2D eigenvalue weighted by Gasteiger charge is 2.07. The maximum Gasteiger partial charge on any atom is 0.314 e. The zero-order valence-electron chi connectivity index (χ0n) is 6.17. The van der Waals surface area contributed by atoms with Gasteiger partial charge < -0.3 is 0 Å². The zero-order valence-corrected chi connectivity index (χ0v) is 6.17. The van der Waals surface area contributed by atoms with Crippen molar-refractivity contribution < 1.29 is 8.78 Å². The Labute approximate surface area is 62.5 Å². The van der Waals surface area contributed by atoms with E-state index in [1.54, 1.807) is 13.8 Å². The van der Waals surface area contributed by atoms with Crippen LogP contribution in [-0.4, -0.2) is 15.0 Å². The molecule has 1 aromatic heterocycles. The van der Waals surface area contributed by atoms with Crippen molar-refractivity contribution in [2.24, 2.45) is 0 Å². The van der Waals surface area contributed by atoms with Gasteiger partial charge in [-0.3, -0.25) is 0 Å². The summed E-state index contributed by atoms with van der Waals surface area (Å²) in [5.74, 6) is 0.0389. The summed E-state index contributed by atoms with van der Waals surface area (Å²) in [5.41, 5.74) is 0. The van der Waals surface area contributed by atoms with Crippen molar-refractivity contribution in [3.63, 3.8) is 0 Å². The highest BCUT2D eigenvalue weighted by atomic mass is 19.1. The molecule has 0 spiro atoms. The van der Waals surface area contributed by atoms with E-state index in [9.17, 15) is 8.78 Å². The third-order valence-corrected chi connectivity index (χ3v) is 1.11. The molecule has 0 bridgehead atoms. The first kappa shape index (κ1) is 7.97. The molecule has 0 saturated carbocycles. The molecule has 1 heterocycles. The van der Waals surface area contributed by atoms with Crippen LogP contribution in [0.25, 0.3) is 0 Å². The zero-order chi connectivity index (χ0) is 8.43. The van der Waals surface area contributed by atoms with E-state index >= 15 is 0 Å². The van der Waals surface area contributed by atoms with Crippen molar-refractivity contribution in [3.8, 4) is 0 Å². The first-order valence-electron chi connectivity index (χ1n) is 3.16. The van der Waals surface area contributed by atoms with Crippen LogP contribution in [0.1, 0.15) is 25.6 Å². The average molecular weight is 159 g/mol. The largest absolute Gasteiger partial charge is 0.314 e. The number of hydrogen-bond donors (Lipinski definition) is 0. The smallest absolute Gasteiger partial charge is 0.187 e. The number of rotatable bonds is 1. The second kappa shape index (κ2) is 2.86. The van der Waals surface area contributed by atoms with Crippen LogP contribution in [0.3, 0.4) is 0 Å². The summed E-state index contributed by atoms with van der Waals surface area (Å²) in [4.78, 5) is 9.37. The lowest BCUT2D eigenvalue weighted by molar-refractivity contribution is 0.439. The van der Waals surface area contributed by atoms with Gasteiger partial charge in [-0.25, -0.2) is 0 Å². The molecule has 1 aromatic rings. The molecule has 0 saturated heterocycles. The molecule has 60 valence electrons. The standard InChI is InChI=1S/C6H7F2N3/c1-3(2)4-9-5(7)11-6(8)10-4/h3H,1-2H3. The normalized spacial score (nSPS) is 10.6. The lowest BCUT2D eigenvalue weighted by Gasteiger charge is -2.00. The second-order valence-electron chi connectivity index (χ2n) is 2.39. The van der Waals surface area contributed by atoms with Gasteiger partial charge in [0.2, 0.25) is 0 Å². The lowest BCUT2D eigenvalue weighted by atomic mass is 10.2. The third kappa shape index (κ3) is 1.89. The van der Waals surface area contributed by atoms with Crippen molar-refractivity contribution in [1.82, 2.24) is 15.0 Å². The molecule has 5 heteroatoms. The number of halogens is 2. The van der Waals surface area contributed by atoms with Crippen molar-refractivity contribution in [3.05, 3.63) is 18.0 Å². The summed E-state index contributed by atoms with van der Waals surface area (Å²) >= 11 is 0. The van der Waals surface area contributed by atoms with Gasteiger partial charge in [0.15, 0.2) is 0 Å². The second-order valence-corrected chi connectivity index (χ2v) is 2.39. The van der Waals surface area contributed by atoms with Crippen LogP contribution >= 0.6 is 0 Å². The van der Waals surface area contributed by atoms with Crippen LogP contribution in [0.2, 0.25) is 0 Å². The summed E-state index contributed by atoms with van der Waals surface area (Å²) in [7, 11) is 0. The molecule has 0 amide bonds. The Morgan fingerprint density at radius 1 is 1.00 bits per heavy atom. The van der Waals surface area contributed by atoms with Gasteiger partial charge in [-0.15, -0.1) is 0 Å². The van der Waals surface area contributed by atoms with E-state index in [-0.39, 0.29) is 11.7 Å². The molecule has 0 aliphatic rings. The van der Waals surface area contributed by atoms with Crippen LogP contribution < -0.4 is 0 Å². The number of nitrogens with zero attached hydrogens (tertiary/aromatic N) is 3. The molecule has 0 N–H and O–H groups in total. The van der Waals surface area contributed by atoms with E-state index in [2.05, 4.69) is 15.0 Å². The molecule has 1 rings (SSSR count). The Morgan fingerprint density at radius 3 is 1.82 bits per heavy atom. The predicted octanol–water partition coefficient (Wildman–Crippen LogP) is 1.27. The molecule has 0 atom stereocenters. The van der Waals surface area contributed by atoms with Gasteiger partial charge in [0, 0.05) is 5.92 Å². The first-order valence-corrected chi connectivity index (χ1v) is 3.16. The van der Waals surface area contributed by atoms with Gasteiger partial charge in [0.05, 0.1) is 0 Å². The monoisotopic (exact) mass is 159 g/mol. The van der Waals surface area contributed by atoms with E-state index in [1.165, 1.54) is 0 Å². The number of aromatic nitrogens is 3. The first-order chi connectivity index (χ1) is 5.09. The van der Waals surface area contributed by atoms with Crippen molar-refractivity contribution in [2.75, 3.05) is 0 Å². The third-order valence-electron chi connectivity index (χ3n) is 1.11. The van der Waals surface area contributed by atoms with Gasteiger partial charge in [-0.1, -0.05) is 13.8 Å². The summed E-state index contributed by atoms with van der Waals surface area (Å²) in [5, 5.41) is 0. The van der Waals surface area contributed by atoms with Gasteiger partial charge in [0.25, 0.3) is 0 Å². The van der Waals surface area contributed by atoms with Crippen LogP contribution in [0.15, 0.2) is 0 Å². The van der Waals surface area contributed by atoms with E-state index < -0.39 is 12.2 Å². The molecule has 0 aliphatic heterocycles. The van der Waals surface area contributed by atoms with Crippen molar-refractivity contribution in [1.29, 1.82) is 0 Å². The molecule has 0 fully saturated rings. The fraction of sp³-hybridized carbons (Fsp3) is 0.500. The Balaban J connectivity index is 3.08. The van der Waals surface area contributed by atoms with Crippen molar-refractivity contribution in [2.45, 2.75) is 19.8 Å². The molecule has 11 heavy (non-hydrogen) atoms.